The Labute approximate surface area is 121 Å². The van der Waals surface area contributed by atoms with E-state index < -0.39 is 0 Å². The number of hydrogen-bond acceptors (Lipinski definition) is 4. The Hall–Kier alpha value is -2.27. The summed E-state index contributed by atoms with van der Waals surface area (Å²) in [6.07, 6.45) is 2.12. The monoisotopic (exact) mass is 283 g/mol. The zero-order valence-electron chi connectivity index (χ0n) is 11.3. The third-order valence-corrected chi connectivity index (χ3v) is 3.91. The summed E-state index contributed by atoms with van der Waals surface area (Å²) in [6.45, 7) is 0.974. The molecule has 1 N–H and O–H groups in total. The molecule has 106 valence electrons. The molecule has 3 aromatic rings. The normalized spacial score (nSPS) is 18.4. The average Bonchev–Trinajstić information content (AvgIpc) is 3.19. The number of halogens is 1. The van der Waals surface area contributed by atoms with Crippen LogP contribution >= 0.6 is 0 Å². The van der Waals surface area contributed by atoms with Gasteiger partial charge in [-0.3, -0.25) is 0 Å². The summed E-state index contributed by atoms with van der Waals surface area (Å²) >= 11 is 0. The van der Waals surface area contributed by atoms with Gasteiger partial charge < -0.3 is 9.84 Å². The first kappa shape index (κ1) is 12.5. The predicted octanol–water partition coefficient (Wildman–Crippen LogP) is 3.45. The minimum absolute atomic E-state index is 0.137. The molecule has 0 saturated carbocycles. The van der Waals surface area contributed by atoms with Crippen molar-refractivity contribution in [3.63, 3.8) is 0 Å². The molecule has 21 heavy (non-hydrogen) atoms. The quantitative estimate of drug-likeness (QED) is 0.782. The summed E-state index contributed by atoms with van der Waals surface area (Å²) in [5, 5.41) is 8.76. The fraction of sp³-hybridized carbons (Fsp3) is 0.250. The van der Waals surface area contributed by atoms with E-state index in [0.29, 0.717) is 17.1 Å². The molecule has 1 aromatic heterocycles. The van der Waals surface area contributed by atoms with Crippen LogP contribution in [0.4, 0.5) is 4.39 Å². The number of rotatable bonds is 2. The SMILES string of the molecule is Fc1ccc(-c2noc([C@@H]3CCCN3)n2)c2ccccc12. The summed E-state index contributed by atoms with van der Waals surface area (Å²) in [5.74, 6) is 0.876. The molecule has 1 atom stereocenters. The molecule has 0 aliphatic carbocycles. The van der Waals surface area contributed by atoms with Gasteiger partial charge in [-0.15, -0.1) is 0 Å². The molecular weight excluding hydrogens is 269 g/mol. The highest BCUT2D eigenvalue weighted by Gasteiger charge is 2.23. The van der Waals surface area contributed by atoms with Crippen LogP contribution in [0.15, 0.2) is 40.9 Å². The second-order valence-electron chi connectivity index (χ2n) is 5.25. The van der Waals surface area contributed by atoms with Crippen molar-refractivity contribution in [3.8, 4) is 11.4 Å². The summed E-state index contributed by atoms with van der Waals surface area (Å²) in [5.41, 5.74) is 0.792. The van der Waals surface area contributed by atoms with Crippen molar-refractivity contribution in [2.75, 3.05) is 6.54 Å². The molecule has 5 heteroatoms. The van der Waals surface area contributed by atoms with Crippen molar-refractivity contribution < 1.29 is 8.91 Å². The van der Waals surface area contributed by atoms with Gasteiger partial charge in [-0.25, -0.2) is 4.39 Å². The van der Waals surface area contributed by atoms with Crippen molar-refractivity contribution >= 4 is 10.8 Å². The van der Waals surface area contributed by atoms with Gasteiger partial charge in [0.2, 0.25) is 11.7 Å². The van der Waals surface area contributed by atoms with E-state index in [1.165, 1.54) is 6.07 Å². The lowest BCUT2D eigenvalue weighted by molar-refractivity contribution is 0.345. The van der Waals surface area contributed by atoms with E-state index in [1.807, 2.05) is 18.2 Å². The van der Waals surface area contributed by atoms with E-state index >= 15 is 0 Å². The van der Waals surface area contributed by atoms with Gasteiger partial charge in [-0.1, -0.05) is 29.4 Å². The Morgan fingerprint density at radius 2 is 2.00 bits per heavy atom. The Morgan fingerprint density at radius 3 is 2.81 bits per heavy atom. The first-order chi connectivity index (χ1) is 10.3. The smallest absolute Gasteiger partial charge is 0.244 e. The Balaban J connectivity index is 1.81. The summed E-state index contributed by atoms with van der Waals surface area (Å²) < 4.78 is 19.2. The Kier molecular flexibility index (Phi) is 2.93. The molecule has 2 aromatic carbocycles. The second kappa shape index (κ2) is 4.93. The fourth-order valence-electron chi connectivity index (χ4n) is 2.84. The van der Waals surface area contributed by atoms with E-state index in [0.717, 1.165) is 30.3 Å². The first-order valence-electron chi connectivity index (χ1n) is 7.07. The van der Waals surface area contributed by atoms with Crippen LogP contribution in [-0.2, 0) is 0 Å². The maximum atomic E-state index is 13.9. The molecule has 0 amide bonds. The molecule has 0 radical (unpaired) electrons. The zero-order chi connectivity index (χ0) is 14.2. The van der Waals surface area contributed by atoms with Gasteiger partial charge in [0.25, 0.3) is 0 Å². The maximum absolute atomic E-state index is 13.9. The molecule has 1 fully saturated rings. The predicted molar refractivity (Wildman–Crippen MR) is 77.2 cm³/mol. The van der Waals surface area contributed by atoms with E-state index in [2.05, 4.69) is 15.5 Å². The van der Waals surface area contributed by atoms with E-state index in [4.69, 9.17) is 4.52 Å². The maximum Gasteiger partial charge on any atom is 0.244 e. The summed E-state index contributed by atoms with van der Waals surface area (Å²) in [6, 6.07) is 10.6. The molecule has 2 heterocycles. The molecule has 0 spiro atoms. The van der Waals surface area contributed by atoms with Crippen molar-refractivity contribution in [2.24, 2.45) is 0 Å². The number of nitrogens with one attached hydrogen (secondary N) is 1. The molecule has 1 aliphatic rings. The van der Waals surface area contributed by atoms with Crippen molar-refractivity contribution in [3.05, 3.63) is 48.1 Å². The summed E-state index contributed by atoms with van der Waals surface area (Å²) in [4.78, 5) is 4.48. The molecule has 4 nitrogen and oxygen atoms in total. The standard InChI is InChI=1S/C16H14FN3O/c17-13-8-7-12(10-4-1-2-5-11(10)13)15-19-16(21-20-15)14-6-3-9-18-14/h1-2,4-5,7-8,14,18H,3,6,9H2/t14-/m0/s1. The molecule has 0 bridgehead atoms. The molecular formula is C16H14FN3O. The van der Waals surface area contributed by atoms with Crippen LogP contribution < -0.4 is 5.32 Å². The Bertz CT molecular complexity index is 793. The lowest BCUT2D eigenvalue weighted by Crippen LogP contribution is -2.12. The van der Waals surface area contributed by atoms with Gasteiger partial charge in [-0.2, -0.15) is 4.98 Å². The molecule has 4 rings (SSSR count). The fourth-order valence-corrected chi connectivity index (χ4v) is 2.84. The third kappa shape index (κ3) is 2.10. The number of aromatic nitrogens is 2. The van der Waals surface area contributed by atoms with Crippen molar-refractivity contribution in [1.82, 2.24) is 15.5 Å². The largest absolute Gasteiger partial charge is 0.337 e. The van der Waals surface area contributed by atoms with E-state index in [1.54, 1.807) is 12.1 Å². The van der Waals surface area contributed by atoms with E-state index in [9.17, 15) is 4.39 Å². The van der Waals surface area contributed by atoms with E-state index in [-0.39, 0.29) is 11.9 Å². The number of benzene rings is 2. The highest BCUT2D eigenvalue weighted by atomic mass is 19.1. The van der Waals surface area contributed by atoms with Crippen LogP contribution in [0.5, 0.6) is 0 Å². The highest BCUT2D eigenvalue weighted by Crippen LogP contribution is 2.30. The van der Waals surface area contributed by atoms with Crippen LogP contribution in [0, 0.1) is 5.82 Å². The summed E-state index contributed by atoms with van der Waals surface area (Å²) in [7, 11) is 0. The van der Waals surface area contributed by atoms with Gasteiger partial charge in [0.1, 0.15) is 5.82 Å². The Morgan fingerprint density at radius 1 is 1.14 bits per heavy atom. The van der Waals surface area contributed by atoms with Gasteiger partial charge in [0.05, 0.1) is 6.04 Å². The van der Waals surface area contributed by atoms with Crippen LogP contribution in [0.3, 0.4) is 0 Å². The van der Waals surface area contributed by atoms with Gasteiger partial charge in [0.15, 0.2) is 0 Å². The minimum Gasteiger partial charge on any atom is -0.337 e. The lowest BCUT2D eigenvalue weighted by atomic mass is 10.0. The van der Waals surface area contributed by atoms with Crippen LogP contribution in [0.2, 0.25) is 0 Å². The lowest BCUT2D eigenvalue weighted by Gasteiger charge is -2.04. The molecule has 1 saturated heterocycles. The molecule has 0 unspecified atom stereocenters. The van der Waals surface area contributed by atoms with Crippen molar-refractivity contribution in [1.29, 1.82) is 0 Å². The van der Waals surface area contributed by atoms with Crippen LogP contribution in [0.25, 0.3) is 22.2 Å². The minimum atomic E-state index is -0.240. The van der Waals surface area contributed by atoms with Gasteiger partial charge in [0, 0.05) is 10.9 Å². The zero-order valence-corrected chi connectivity index (χ0v) is 11.3. The van der Waals surface area contributed by atoms with Crippen molar-refractivity contribution in [2.45, 2.75) is 18.9 Å². The number of hydrogen-bond donors (Lipinski definition) is 1. The first-order valence-corrected chi connectivity index (χ1v) is 7.07. The van der Waals surface area contributed by atoms with Gasteiger partial charge >= 0.3 is 0 Å². The molecule has 1 aliphatic heterocycles. The number of fused-ring (bicyclic) bond motifs is 1. The number of nitrogens with zero attached hydrogens (tertiary/aromatic N) is 2. The second-order valence-corrected chi connectivity index (χ2v) is 5.25. The van der Waals surface area contributed by atoms with Crippen LogP contribution in [-0.4, -0.2) is 16.7 Å². The average molecular weight is 283 g/mol. The van der Waals surface area contributed by atoms with Gasteiger partial charge in [-0.05, 0) is 36.9 Å². The van der Waals surface area contributed by atoms with Crippen LogP contribution in [0.1, 0.15) is 24.8 Å². The third-order valence-electron chi connectivity index (χ3n) is 3.91. The topological polar surface area (TPSA) is 51.0 Å². The highest BCUT2D eigenvalue weighted by molar-refractivity contribution is 5.95.